The van der Waals surface area contributed by atoms with Gasteiger partial charge in [0, 0.05) is 11.8 Å². The Kier molecular flexibility index (Phi) is 3.46. The van der Waals surface area contributed by atoms with E-state index in [1.54, 1.807) is 23.0 Å². The molecule has 3 nitrogen and oxygen atoms in total. The van der Waals surface area contributed by atoms with Crippen molar-refractivity contribution in [2.24, 2.45) is 5.73 Å². The first-order valence-electron chi connectivity index (χ1n) is 4.38. The summed E-state index contributed by atoms with van der Waals surface area (Å²) >= 11 is 13.2. The Morgan fingerprint density at radius 2 is 2.25 bits per heavy atom. The van der Waals surface area contributed by atoms with Crippen LogP contribution in [0.2, 0.25) is 5.02 Å². The van der Waals surface area contributed by atoms with Crippen molar-refractivity contribution < 1.29 is 0 Å². The van der Waals surface area contributed by atoms with Crippen LogP contribution in [0, 0.1) is 3.57 Å². The summed E-state index contributed by atoms with van der Waals surface area (Å²) in [6.45, 7) is 0. The van der Waals surface area contributed by atoms with E-state index in [1.807, 2.05) is 12.3 Å². The summed E-state index contributed by atoms with van der Waals surface area (Å²) in [5.74, 6) is 0. The fourth-order valence-electron chi connectivity index (χ4n) is 1.29. The van der Waals surface area contributed by atoms with Crippen LogP contribution in [0.3, 0.4) is 0 Å². The summed E-state index contributed by atoms with van der Waals surface area (Å²) < 4.78 is 2.81. The predicted molar refractivity (Wildman–Crippen MR) is 77.2 cm³/mol. The number of halogens is 2. The highest BCUT2D eigenvalue weighted by Crippen LogP contribution is 2.20. The van der Waals surface area contributed by atoms with Crippen LogP contribution in [-0.2, 0) is 0 Å². The molecule has 0 saturated heterocycles. The quantitative estimate of drug-likeness (QED) is 0.659. The van der Waals surface area contributed by atoms with Crippen LogP contribution in [0.1, 0.15) is 5.56 Å². The van der Waals surface area contributed by atoms with E-state index in [4.69, 9.17) is 29.6 Å². The average molecular weight is 364 g/mol. The van der Waals surface area contributed by atoms with Gasteiger partial charge in [-0.05, 0) is 40.8 Å². The highest BCUT2D eigenvalue weighted by Gasteiger charge is 2.06. The van der Waals surface area contributed by atoms with Crippen molar-refractivity contribution in [3.05, 3.63) is 44.7 Å². The standard InChI is InChI=1S/C10H7ClIN3S/c11-9-3-7(1-2-8(9)10(13)16)15-5-6(12)4-14-15/h1-5H,(H2,13,16). The molecule has 0 atom stereocenters. The third kappa shape index (κ3) is 2.36. The van der Waals surface area contributed by atoms with E-state index < -0.39 is 0 Å². The lowest BCUT2D eigenvalue weighted by Crippen LogP contribution is -2.10. The van der Waals surface area contributed by atoms with Gasteiger partial charge < -0.3 is 5.73 Å². The second-order valence-electron chi connectivity index (χ2n) is 3.13. The fraction of sp³-hybridized carbons (Fsp3) is 0. The van der Waals surface area contributed by atoms with Crippen LogP contribution in [0.5, 0.6) is 0 Å². The van der Waals surface area contributed by atoms with E-state index in [0.717, 1.165) is 9.26 Å². The van der Waals surface area contributed by atoms with Gasteiger partial charge in [-0.15, -0.1) is 0 Å². The van der Waals surface area contributed by atoms with Gasteiger partial charge >= 0.3 is 0 Å². The van der Waals surface area contributed by atoms with Crippen LogP contribution >= 0.6 is 46.4 Å². The topological polar surface area (TPSA) is 43.8 Å². The lowest BCUT2D eigenvalue weighted by Gasteiger charge is -2.05. The lowest BCUT2D eigenvalue weighted by atomic mass is 10.2. The zero-order valence-electron chi connectivity index (χ0n) is 8.02. The van der Waals surface area contributed by atoms with Gasteiger partial charge in [-0.2, -0.15) is 5.10 Å². The summed E-state index contributed by atoms with van der Waals surface area (Å²) in [5.41, 5.74) is 7.10. The molecule has 0 aliphatic carbocycles. The van der Waals surface area contributed by atoms with Gasteiger partial charge in [-0.3, -0.25) is 0 Å². The van der Waals surface area contributed by atoms with Crippen molar-refractivity contribution in [2.45, 2.75) is 0 Å². The van der Waals surface area contributed by atoms with Crippen molar-refractivity contribution in [2.75, 3.05) is 0 Å². The second-order valence-corrected chi connectivity index (χ2v) is 5.22. The minimum Gasteiger partial charge on any atom is -0.389 e. The maximum atomic E-state index is 6.07. The third-order valence-corrected chi connectivity index (χ3v) is 3.12. The Balaban J connectivity index is 2.45. The van der Waals surface area contributed by atoms with E-state index >= 15 is 0 Å². The SMILES string of the molecule is NC(=S)c1ccc(-n2cc(I)cn2)cc1Cl. The van der Waals surface area contributed by atoms with E-state index in [0.29, 0.717) is 15.6 Å². The molecule has 0 aliphatic rings. The van der Waals surface area contributed by atoms with Gasteiger partial charge in [0.05, 0.1) is 20.5 Å². The van der Waals surface area contributed by atoms with E-state index in [9.17, 15) is 0 Å². The average Bonchev–Trinajstić information content (AvgIpc) is 2.64. The van der Waals surface area contributed by atoms with Crippen LogP contribution in [0.15, 0.2) is 30.6 Å². The van der Waals surface area contributed by atoms with Gasteiger partial charge in [-0.25, -0.2) is 4.68 Å². The van der Waals surface area contributed by atoms with Crippen LogP contribution in [0.4, 0.5) is 0 Å². The molecule has 2 aromatic rings. The molecule has 0 fully saturated rings. The lowest BCUT2D eigenvalue weighted by molar-refractivity contribution is 0.880. The molecule has 1 aromatic carbocycles. The molecule has 0 bridgehead atoms. The van der Waals surface area contributed by atoms with Gasteiger partial charge in [0.1, 0.15) is 4.99 Å². The normalized spacial score (nSPS) is 10.4. The van der Waals surface area contributed by atoms with Crippen LogP contribution < -0.4 is 5.73 Å². The van der Waals surface area contributed by atoms with Crippen molar-refractivity contribution >= 4 is 51.4 Å². The van der Waals surface area contributed by atoms with Crippen molar-refractivity contribution in [1.82, 2.24) is 9.78 Å². The minimum atomic E-state index is 0.298. The van der Waals surface area contributed by atoms with Gasteiger partial charge in [0.15, 0.2) is 0 Å². The Morgan fingerprint density at radius 3 is 2.75 bits per heavy atom. The van der Waals surface area contributed by atoms with E-state index in [-0.39, 0.29) is 0 Å². The number of benzene rings is 1. The minimum absolute atomic E-state index is 0.298. The number of nitrogens with two attached hydrogens (primary N) is 1. The maximum absolute atomic E-state index is 6.07. The predicted octanol–water partition coefficient (Wildman–Crippen LogP) is 2.76. The molecule has 0 radical (unpaired) electrons. The molecule has 6 heteroatoms. The maximum Gasteiger partial charge on any atom is 0.105 e. The Bertz CT molecular complexity index is 553. The van der Waals surface area contributed by atoms with Crippen molar-refractivity contribution in [3.8, 4) is 5.69 Å². The highest BCUT2D eigenvalue weighted by molar-refractivity contribution is 14.1. The highest BCUT2D eigenvalue weighted by atomic mass is 127. The molecular weight excluding hydrogens is 357 g/mol. The number of thiocarbonyl (C=S) groups is 1. The summed E-state index contributed by atoms with van der Waals surface area (Å²) in [7, 11) is 0. The molecule has 0 aliphatic heterocycles. The Hall–Kier alpha value is -0.660. The molecule has 1 heterocycles. The molecule has 2 rings (SSSR count). The first-order valence-corrected chi connectivity index (χ1v) is 6.24. The molecule has 2 N–H and O–H groups in total. The monoisotopic (exact) mass is 363 g/mol. The Labute approximate surface area is 117 Å². The molecule has 0 spiro atoms. The summed E-state index contributed by atoms with van der Waals surface area (Å²) in [6.07, 6.45) is 3.68. The molecule has 1 aromatic heterocycles. The number of rotatable bonds is 2. The van der Waals surface area contributed by atoms with Crippen molar-refractivity contribution in [1.29, 1.82) is 0 Å². The summed E-state index contributed by atoms with van der Waals surface area (Å²) in [5, 5.41) is 4.73. The molecular formula is C10H7ClIN3S. The number of nitrogens with zero attached hydrogens (tertiary/aromatic N) is 2. The number of aromatic nitrogens is 2. The van der Waals surface area contributed by atoms with Crippen LogP contribution in [0.25, 0.3) is 5.69 Å². The Morgan fingerprint density at radius 1 is 1.50 bits per heavy atom. The van der Waals surface area contributed by atoms with Gasteiger partial charge in [0.2, 0.25) is 0 Å². The first-order chi connectivity index (χ1) is 7.58. The zero-order chi connectivity index (χ0) is 11.7. The fourth-order valence-corrected chi connectivity index (χ4v) is 2.19. The third-order valence-electron chi connectivity index (χ3n) is 2.03. The van der Waals surface area contributed by atoms with E-state index in [2.05, 4.69) is 27.7 Å². The summed E-state index contributed by atoms with van der Waals surface area (Å²) in [4.78, 5) is 0.298. The van der Waals surface area contributed by atoms with Crippen LogP contribution in [-0.4, -0.2) is 14.8 Å². The zero-order valence-corrected chi connectivity index (χ0v) is 11.8. The molecule has 82 valence electrons. The molecule has 16 heavy (non-hydrogen) atoms. The van der Waals surface area contributed by atoms with Gasteiger partial charge in [-0.1, -0.05) is 23.8 Å². The first kappa shape index (κ1) is 11.8. The second kappa shape index (κ2) is 4.68. The summed E-state index contributed by atoms with van der Waals surface area (Å²) in [6, 6.07) is 5.47. The molecule has 0 amide bonds. The number of hydrogen-bond acceptors (Lipinski definition) is 2. The molecule has 0 unspecified atom stereocenters. The van der Waals surface area contributed by atoms with Crippen molar-refractivity contribution in [3.63, 3.8) is 0 Å². The smallest absolute Gasteiger partial charge is 0.105 e. The number of hydrogen-bond donors (Lipinski definition) is 1. The molecule has 0 saturated carbocycles. The largest absolute Gasteiger partial charge is 0.389 e. The van der Waals surface area contributed by atoms with E-state index in [1.165, 1.54) is 0 Å². The van der Waals surface area contributed by atoms with Gasteiger partial charge in [0.25, 0.3) is 0 Å².